The predicted octanol–water partition coefficient (Wildman–Crippen LogP) is 2.49. The van der Waals surface area contributed by atoms with Crippen LogP contribution in [0.2, 0.25) is 0 Å². The maximum Gasteiger partial charge on any atom is 0.420 e. The van der Waals surface area contributed by atoms with Gasteiger partial charge in [0.1, 0.15) is 17.2 Å². The van der Waals surface area contributed by atoms with Crippen molar-refractivity contribution in [3.05, 3.63) is 58.6 Å². The molecular weight excluding hydrogens is 544 g/mol. The van der Waals surface area contributed by atoms with Gasteiger partial charge in [-0.15, -0.1) is 0 Å². The number of oxazole rings is 1. The summed E-state index contributed by atoms with van der Waals surface area (Å²) in [5.41, 5.74) is 7.31. The molecule has 4 N–H and O–H groups in total. The number of methoxy groups -OCH3 is 1. The molecule has 0 unspecified atom stereocenters. The molecule has 1 aliphatic rings. The molecule has 1 saturated heterocycles. The number of benzene rings is 2. The molecule has 12 nitrogen and oxygen atoms in total. The van der Waals surface area contributed by atoms with Crippen LogP contribution in [0.15, 0.2) is 51.7 Å². The van der Waals surface area contributed by atoms with Crippen LogP contribution in [0.4, 0.5) is 4.79 Å². The number of carbonyl (C=O) groups is 3. The van der Waals surface area contributed by atoms with Gasteiger partial charge in [0.25, 0.3) is 0 Å². The third kappa shape index (κ3) is 7.37. The standard InChI is InChI=1S/C30H38N4O8/c1-29(2,3)42-27(37)33-30(11-14-40-15-12-30)26(36)32-22(25(31)35)17-19-5-7-20(8-6-19)21-9-10-24-23(18-21)34(13-16-39-4)28(38)41-24/h5-10,18,22H,11-17H2,1-4H3,(H2,31,35)(H,32,36)(H,33,37)/t22-/m0/s1. The number of alkyl carbamates (subject to hydrolysis) is 1. The number of nitrogens with two attached hydrogens (primary N) is 1. The Hall–Kier alpha value is -4.16. The molecule has 0 saturated carbocycles. The minimum absolute atomic E-state index is 0.150. The highest BCUT2D eigenvalue weighted by atomic mass is 16.6. The summed E-state index contributed by atoms with van der Waals surface area (Å²) >= 11 is 0. The van der Waals surface area contributed by atoms with E-state index in [-0.39, 0.29) is 32.5 Å². The quantitative estimate of drug-likeness (QED) is 0.328. The Morgan fingerprint density at radius 1 is 1.07 bits per heavy atom. The maximum atomic E-state index is 13.5. The summed E-state index contributed by atoms with van der Waals surface area (Å²) in [6.45, 7) is 6.46. The average Bonchev–Trinajstić information content (AvgIpc) is 3.25. The number of fused-ring (bicyclic) bond motifs is 1. The maximum absolute atomic E-state index is 13.5. The second kappa shape index (κ2) is 12.8. The first-order chi connectivity index (χ1) is 19.9. The summed E-state index contributed by atoms with van der Waals surface area (Å²) in [5.74, 6) is -1.67. The van der Waals surface area contributed by atoms with E-state index in [1.165, 1.54) is 4.57 Å². The number of nitrogens with one attached hydrogen (secondary N) is 2. The highest BCUT2D eigenvalue weighted by molar-refractivity contribution is 5.94. The molecular formula is C30H38N4O8. The first kappa shape index (κ1) is 30.8. The van der Waals surface area contributed by atoms with Gasteiger partial charge < -0.3 is 35.0 Å². The van der Waals surface area contributed by atoms with E-state index in [0.717, 1.165) is 16.7 Å². The molecule has 0 spiro atoms. The van der Waals surface area contributed by atoms with E-state index in [9.17, 15) is 19.2 Å². The van der Waals surface area contributed by atoms with Crippen LogP contribution in [0, 0.1) is 0 Å². The molecule has 2 aromatic carbocycles. The summed E-state index contributed by atoms with van der Waals surface area (Å²) in [6.07, 6.45) is -0.135. The van der Waals surface area contributed by atoms with Gasteiger partial charge in [-0.3, -0.25) is 14.2 Å². The van der Waals surface area contributed by atoms with Crippen LogP contribution in [0.25, 0.3) is 22.2 Å². The molecule has 0 aliphatic carbocycles. The van der Waals surface area contributed by atoms with Crippen LogP contribution in [0.3, 0.4) is 0 Å². The van der Waals surface area contributed by atoms with E-state index in [0.29, 0.717) is 24.3 Å². The van der Waals surface area contributed by atoms with Gasteiger partial charge in [0.2, 0.25) is 11.8 Å². The monoisotopic (exact) mass is 582 g/mol. The second-order valence-corrected chi connectivity index (χ2v) is 11.3. The highest BCUT2D eigenvalue weighted by Crippen LogP contribution is 2.26. The summed E-state index contributed by atoms with van der Waals surface area (Å²) in [4.78, 5) is 50.7. The van der Waals surface area contributed by atoms with Gasteiger partial charge in [0, 0.05) is 39.6 Å². The van der Waals surface area contributed by atoms with Crippen molar-refractivity contribution < 1.29 is 33.0 Å². The van der Waals surface area contributed by atoms with Crippen LogP contribution in [0.1, 0.15) is 39.2 Å². The van der Waals surface area contributed by atoms with Gasteiger partial charge in [0.05, 0.1) is 18.7 Å². The fourth-order valence-corrected chi connectivity index (χ4v) is 4.85. The number of hydrogen-bond donors (Lipinski definition) is 3. The minimum atomic E-state index is -1.30. The lowest BCUT2D eigenvalue weighted by Crippen LogP contribution is -2.64. The molecule has 2 heterocycles. The molecule has 0 bridgehead atoms. The smallest absolute Gasteiger partial charge is 0.420 e. The van der Waals surface area contributed by atoms with Crippen molar-refractivity contribution in [3.63, 3.8) is 0 Å². The molecule has 226 valence electrons. The molecule has 1 atom stereocenters. The number of amides is 3. The molecule has 3 aromatic rings. The Bertz CT molecular complexity index is 1480. The number of rotatable bonds is 10. The van der Waals surface area contributed by atoms with Crippen molar-refractivity contribution in [1.82, 2.24) is 15.2 Å². The van der Waals surface area contributed by atoms with Crippen LogP contribution in [0.5, 0.6) is 0 Å². The summed E-state index contributed by atoms with van der Waals surface area (Å²) in [5, 5.41) is 5.45. The van der Waals surface area contributed by atoms with Gasteiger partial charge >= 0.3 is 11.8 Å². The van der Waals surface area contributed by atoms with Crippen molar-refractivity contribution >= 4 is 29.0 Å². The largest absolute Gasteiger partial charge is 0.444 e. The van der Waals surface area contributed by atoms with E-state index in [1.807, 2.05) is 36.4 Å². The van der Waals surface area contributed by atoms with E-state index >= 15 is 0 Å². The average molecular weight is 583 g/mol. The number of primary amides is 1. The number of aromatic nitrogens is 1. The van der Waals surface area contributed by atoms with Gasteiger partial charge in [-0.05, 0) is 49.6 Å². The SMILES string of the molecule is COCCn1c(=O)oc2ccc(-c3ccc(C[C@H](NC(=O)C4(NC(=O)OC(C)(C)C)CCOCC4)C(N)=O)cc3)cc21. The predicted molar refractivity (Wildman–Crippen MR) is 155 cm³/mol. The number of nitrogens with zero attached hydrogens (tertiary/aromatic N) is 1. The first-order valence-electron chi connectivity index (χ1n) is 13.8. The van der Waals surface area contributed by atoms with Gasteiger partial charge in [-0.1, -0.05) is 30.3 Å². The van der Waals surface area contributed by atoms with Gasteiger partial charge in [0.15, 0.2) is 5.58 Å². The summed E-state index contributed by atoms with van der Waals surface area (Å²) < 4.78 is 22.7. The first-order valence-corrected chi connectivity index (χ1v) is 13.8. The Labute approximate surface area is 243 Å². The Balaban J connectivity index is 1.49. The lowest BCUT2D eigenvalue weighted by Gasteiger charge is -2.37. The topological polar surface area (TPSA) is 164 Å². The van der Waals surface area contributed by atoms with Crippen molar-refractivity contribution in [2.24, 2.45) is 5.73 Å². The van der Waals surface area contributed by atoms with Crippen molar-refractivity contribution in [1.29, 1.82) is 0 Å². The fourth-order valence-electron chi connectivity index (χ4n) is 4.85. The van der Waals surface area contributed by atoms with Crippen LogP contribution < -0.4 is 22.1 Å². The lowest BCUT2D eigenvalue weighted by molar-refractivity contribution is -0.135. The zero-order valence-corrected chi connectivity index (χ0v) is 24.4. The van der Waals surface area contributed by atoms with Crippen LogP contribution in [-0.2, 0) is 36.8 Å². The summed E-state index contributed by atoms with van der Waals surface area (Å²) in [6, 6.07) is 11.9. The van der Waals surface area contributed by atoms with E-state index in [4.69, 9.17) is 24.4 Å². The molecule has 4 rings (SSSR count). The molecule has 12 heteroatoms. The van der Waals surface area contributed by atoms with Crippen LogP contribution in [-0.4, -0.2) is 66.6 Å². The second-order valence-electron chi connectivity index (χ2n) is 11.3. The zero-order chi connectivity index (χ0) is 30.5. The third-order valence-electron chi connectivity index (χ3n) is 7.08. The van der Waals surface area contributed by atoms with Crippen molar-refractivity contribution in [3.8, 4) is 11.1 Å². The van der Waals surface area contributed by atoms with Crippen molar-refractivity contribution in [2.45, 2.75) is 63.8 Å². The Kier molecular flexibility index (Phi) is 9.37. The van der Waals surface area contributed by atoms with E-state index < -0.39 is 40.8 Å². The number of hydrogen-bond acceptors (Lipinski definition) is 8. The molecule has 42 heavy (non-hydrogen) atoms. The van der Waals surface area contributed by atoms with E-state index in [2.05, 4.69) is 10.6 Å². The molecule has 3 amide bonds. The number of carbonyl (C=O) groups excluding carboxylic acids is 3. The van der Waals surface area contributed by atoms with Gasteiger partial charge in [-0.2, -0.15) is 0 Å². The Morgan fingerprint density at radius 3 is 2.36 bits per heavy atom. The minimum Gasteiger partial charge on any atom is -0.444 e. The third-order valence-corrected chi connectivity index (χ3v) is 7.08. The zero-order valence-electron chi connectivity index (χ0n) is 24.4. The van der Waals surface area contributed by atoms with Crippen molar-refractivity contribution in [2.75, 3.05) is 26.9 Å². The number of ether oxygens (including phenoxy) is 3. The molecule has 0 radical (unpaired) electrons. The van der Waals surface area contributed by atoms with E-state index in [1.54, 1.807) is 33.9 Å². The van der Waals surface area contributed by atoms with Crippen LogP contribution >= 0.6 is 0 Å². The van der Waals surface area contributed by atoms with Gasteiger partial charge in [-0.25, -0.2) is 9.59 Å². The highest BCUT2D eigenvalue weighted by Gasteiger charge is 2.43. The molecule has 1 fully saturated rings. The lowest BCUT2D eigenvalue weighted by atomic mass is 9.88. The Morgan fingerprint density at radius 2 is 1.74 bits per heavy atom. The molecule has 1 aliphatic heterocycles. The molecule has 1 aromatic heterocycles. The fraction of sp³-hybridized carbons (Fsp3) is 0.467. The summed E-state index contributed by atoms with van der Waals surface area (Å²) in [7, 11) is 1.57. The normalized spacial score (nSPS) is 15.6.